The van der Waals surface area contributed by atoms with Crippen molar-refractivity contribution in [2.45, 2.75) is 25.5 Å². The van der Waals surface area contributed by atoms with Crippen LogP contribution in [0.2, 0.25) is 0 Å². The number of hydrogen-bond donors (Lipinski definition) is 1. The van der Waals surface area contributed by atoms with Crippen LogP contribution in [-0.2, 0) is 11.3 Å². The van der Waals surface area contributed by atoms with Crippen molar-refractivity contribution in [3.05, 3.63) is 59.7 Å². The number of carbonyl (C=O) groups is 1. The number of nitrogens with one attached hydrogen (secondary N) is 1. The lowest BCUT2D eigenvalue weighted by Gasteiger charge is -2.20. The smallest absolute Gasteiger partial charge is 0.233 e. The number of fused-ring (bicyclic) bond motifs is 1. The molecule has 24 heavy (non-hydrogen) atoms. The molecule has 1 heterocycles. The summed E-state index contributed by atoms with van der Waals surface area (Å²) in [6.07, 6.45) is 0. The van der Waals surface area contributed by atoms with E-state index in [9.17, 15) is 4.79 Å². The van der Waals surface area contributed by atoms with Crippen molar-refractivity contribution in [3.63, 3.8) is 0 Å². The number of thioether (sulfide) groups is 1. The highest BCUT2D eigenvalue weighted by Gasteiger charge is 2.14. The maximum absolute atomic E-state index is 12.5. The fourth-order valence-corrected chi connectivity index (χ4v) is 3.36. The van der Waals surface area contributed by atoms with Gasteiger partial charge in [0, 0.05) is 13.1 Å². The van der Waals surface area contributed by atoms with E-state index < -0.39 is 0 Å². The first-order valence-electron chi connectivity index (χ1n) is 8.06. The number of benzene rings is 2. The molecular weight excluding hydrogens is 318 g/mol. The molecule has 2 aromatic carbocycles. The van der Waals surface area contributed by atoms with Crippen LogP contribution in [-0.4, -0.2) is 33.1 Å². The molecule has 124 valence electrons. The molecular formula is C19H21N3OS. The van der Waals surface area contributed by atoms with Gasteiger partial charge in [-0.05, 0) is 37.1 Å². The Hall–Kier alpha value is -2.27. The van der Waals surface area contributed by atoms with Gasteiger partial charge in [0.25, 0.3) is 0 Å². The first kappa shape index (κ1) is 16.6. The van der Waals surface area contributed by atoms with Gasteiger partial charge in [0.05, 0.1) is 16.8 Å². The molecule has 1 N–H and O–H groups in total. The van der Waals surface area contributed by atoms with Crippen molar-refractivity contribution in [3.8, 4) is 0 Å². The molecule has 0 radical (unpaired) electrons. The maximum atomic E-state index is 12.5. The summed E-state index contributed by atoms with van der Waals surface area (Å²) in [4.78, 5) is 22.2. The van der Waals surface area contributed by atoms with Crippen LogP contribution in [0.1, 0.15) is 18.1 Å². The molecule has 1 amide bonds. The first-order valence-corrected chi connectivity index (χ1v) is 9.05. The average Bonchev–Trinajstić information content (AvgIpc) is 3.00. The van der Waals surface area contributed by atoms with E-state index >= 15 is 0 Å². The Morgan fingerprint density at radius 2 is 2.00 bits per heavy atom. The minimum atomic E-state index is 0.128. The van der Waals surface area contributed by atoms with Gasteiger partial charge in [0.1, 0.15) is 0 Å². The third-order valence-electron chi connectivity index (χ3n) is 3.90. The molecule has 0 spiro atoms. The summed E-state index contributed by atoms with van der Waals surface area (Å²) in [5.41, 5.74) is 4.30. The molecule has 0 saturated heterocycles. The minimum Gasteiger partial charge on any atom is -0.338 e. The molecule has 0 saturated carbocycles. The normalized spacial score (nSPS) is 10.9. The number of amides is 1. The summed E-state index contributed by atoms with van der Waals surface area (Å²) in [6.45, 7) is 5.42. The number of imidazole rings is 1. The van der Waals surface area contributed by atoms with Crippen LogP contribution < -0.4 is 0 Å². The highest BCUT2D eigenvalue weighted by Crippen LogP contribution is 2.21. The topological polar surface area (TPSA) is 49.0 Å². The second-order valence-corrected chi connectivity index (χ2v) is 6.71. The number of rotatable bonds is 6. The molecule has 0 fully saturated rings. The quantitative estimate of drug-likeness (QED) is 0.690. The van der Waals surface area contributed by atoms with Gasteiger partial charge in [-0.3, -0.25) is 4.79 Å². The third-order valence-corrected chi connectivity index (χ3v) is 4.76. The minimum absolute atomic E-state index is 0.128. The van der Waals surface area contributed by atoms with Gasteiger partial charge in [0.2, 0.25) is 5.91 Å². The van der Waals surface area contributed by atoms with Crippen LogP contribution in [0.3, 0.4) is 0 Å². The summed E-state index contributed by atoms with van der Waals surface area (Å²) in [6, 6.07) is 16.2. The summed E-state index contributed by atoms with van der Waals surface area (Å²) in [5, 5.41) is 0.791. The molecule has 0 aliphatic heterocycles. The van der Waals surface area contributed by atoms with Crippen molar-refractivity contribution in [2.75, 3.05) is 12.3 Å². The zero-order valence-electron chi connectivity index (χ0n) is 14.0. The van der Waals surface area contributed by atoms with Gasteiger partial charge < -0.3 is 9.88 Å². The van der Waals surface area contributed by atoms with Crippen LogP contribution in [0.15, 0.2) is 53.7 Å². The van der Waals surface area contributed by atoms with Gasteiger partial charge in [0.15, 0.2) is 5.16 Å². The number of aromatic amines is 1. The highest BCUT2D eigenvalue weighted by molar-refractivity contribution is 7.99. The number of aryl methyl sites for hydroxylation is 1. The average molecular weight is 339 g/mol. The summed E-state index contributed by atoms with van der Waals surface area (Å²) in [5.74, 6) is 0.516. The monoisotopic (exact) mass is 339 g/mol. The zero-order chi connectivity index (χ0) is 16.9. The predicted molar refractivity (Wildman–Crippen MR) is 99.1 cm³/mol. The van der Waals surface area contributed by atoms with E-state index in [4.69, 9.17) is 0 Å². The first-order chi connectivity index (χ1) is 11.7. The van der Waals surface area contributed by atoms with Gasteiger partial charge in [-0.15, -0.1) is 0 Å². The number of carbonyl (C=O) groups excluding carboxylic acids is 1. The number of hydrogen-bond acceptors (Lipinski definition) is 3. The highest BCUT2D eigenvalue weighted by atomic mass is 32.2. The molecule has 0 unspecified atom stereocenters. The Labute approximate surface area is 146 Å². The molecule has 1 aromatic heterocycles. The Kier molecular flexibility index (Phi) is 5.20. The Morgan fingerprint density at radius 1 is 1.21 bits per heavy atom. The van der Waals surface area contributed by atoms with Gasteiger partial charge in [-0.25, -0.2) is 4.98 Å². The van der Waals surface area contributed by atoms with Crippen molar-refractivity contribution in [1.29, 1.82) is 0 Å². The fraction of sp³-hybridized carbons (Fsp3) is 0.263. The Morgan fingerprint density at radius 3 is 2.75 bits per heavy atom. The molecule has 3 rings (SSSR count). The molecule has 5 heteroatoms. The van der Waals surface area contributed by atoms with Gasteiger partial charge in [-0.1, -0.05) is 48.2 Å². The lowest BCUT2D eigenvalue weighted by Crippen LogP contribution is -2.31. The predicted octanol–water partition coefficient (Wildman–Crippen LogP) is 4.01. The maximum Gasteiger partial charge on any atom is 0.233 e. The summed E-state index contributed by atoms with van der Waals surface area (Å²) in [7, 11) is 0. The van der Waals surface area contributed by atoms with Crippen molar-refractivity contribution in [2.24, 2.45) is 0 Å². The number of H-pyrrole nitrogens is 1. The SMILES string of the molecule is CCN(Cc1ccccc1)C(=O)CSc1nc2ccc(C)cc2[nH]1. The van der Waals surface area contributed by atoms with Crippen LogP contribution in [0.4, 0.5) is 0 Å². The number of aromatic nitrogens is 2. The van der Waals surface area contributed by atoms with Gasteiger partial charge in [-0.2, -0.15) is 0 Å². The Bertz CT molecular complexity index is 829. The molecule has 0 bridgehead atoms. The molecule has 3 aromatic rings. The second-order valence-electron chi connectivity index (χ2n) is 5.74. The molecule has 0 atom stereocenters. The van der Waals surface area contributed by atoms with Gasteiger partial charge >= 0.3 is 0 Å². The standard InChI is InChI=1S/C19H21N3OS/c1-3-22(12-15-7-5-4-6-8-15)18(23)13-24-19-20-16-10-9-14(2)11-17(16)21-19/h4-11H,3,12-13H2,1-2H3,(H,20,21). The molecule has 0 aliphatic carbocycles. The lowest BCUT2D eigenvalue weighted by atomic mass is 10.2. The van der Waals surface area contributed by atoms with E-state index in [1.165, 1.54) is 17.3 Å². The van der Waals surface area contributed by atoms with Crippen LogP contribution in [0.25, 0.3) is 11.0 Å². The molecule has 4 nitrogen and oxygen atoms in total. The van der Waals surface area contributed by atoms with Crippen LogP contribution in [0, 0.1) is 6.92 Å². The van der Waals surface area contributed by atoms with Crippen molar-refractivity contribution < 1.29 is 4.79 Å². The number of nitrogens with zero attached hydrogens (tertiary/aromatic N) is 2. The summed E-state index contributed by atoms with van der Waals surface area (Å²) < 4.78 is 0. The fourth-order valence-electron chi connectivity index (χ4n) is 2.57. The van der Waals surface area contributed by atoms with Crippen LogP contribution >= 0.6 is 11.8 Å². The van der Waals surface area contributed by atoms with E-state index in [-0.39, 0.29) is 5.91 Å². The second kappa shape index (κ2) is 7.53. The Balaban J connectivity index is 1.62. The van der Waals surface area contributed by atoms with E-state index in [0.717, 1.165) is 21.8 Å². The largest absolute Gasteiger partial charge is 0.338 e. The summed E-state index contributed by atoms with van der Waals surface area (Å²) >= 11 is 1.46. The zero-order valence-corrected chi connectivity index (χ0v) is 14.8. The van der Waals surface area contributed by atoms with E-state index in [0.29, 0.717) is 18.8 Å². The van der Waals surface area contributed by atoms with Crippen molar-refractivity contribution >= 4 is 28.7 Å². The van der Waals surface area contributed by atoms with E-state index in [1.54, 1.807) is 0 Å². The van der Waals surface area contributed by atoms with E-state index in [1.807, 2.05) is 54.3 Å². The lowest BCUT2D eigenvalue weighted by molar-refractivity contribution is -0.128. The third kappa shape index (κ3) is 3.97. The van der Waals surface area contributed by atoms with E-state index in [2.05, 4.69) is 23.0 Å². The van der Waals surface area contributed by atoms with Crippen molar-refractivity contribution in [1.82, 2.24) is 14.9 Å². The molecule has 0 aliphatic rings. The van der Waals surface area contributed by atoms with Crippen LogP contribution in [0.5, 0.6) is 0 Å².